The van der Waals surface area contributed by atoms with Gasteiger partial charge in [0.05, 0.1) is 18.6 Å². The second-order valence-corrected chi connectivity index (χ2v) is 7.02. The van der Waals surface area contributed by atoms with Crippen molar-refractivity contribution in [1.82, 2.24) is 20.9 Å². The largest absolute Gasteiger partial charge is 0.447 e. The Morgan fingerprint density at radius 2 is 2.04 bits per heavy atom. The summed E-state index contributed by atoms with van der Waals surface area (Å²) >= 11 is 0. The van der Waals surface area contributed by atoms with Crippen LogP contribution in [0.1, 0.15) is 0 Å². The Hall–Kier alpha value is -2.40. The van der Waals surface area contributed by atoms with Crippen LogP contribution >= 0.6 is 0 Å². The summed E-state index contributed by atoms with van der Waals surface area (Å²) in [5, 5.41) is 44.9. The van der Waals surface area contributed by atoms with Crippen molar-refractivity contribution in [2.75, 3.05) is 13.2 Å². The summed E-state index contributed by atoms with van der Waals surface area (Å²) in [7, 11) is -5.04. The molecular formula is C10H17N7O8S. The predicted molar refractivity (Wildman–Crippen MR) is 81.0 cm³/mol. The molecule has 0 bridgehead atoms. The molecule has 3 saturated heterocycles. The summed E-state index contributed by atoms with van der Waals surface area (Å²) in [6.45, 7) is -0.916. The van der Waals surface area contributed by atoms with Gasteiger partial charge in [-0.1, -0.05) is 0 Å². The summed E-state index contributed by atoms with van der Waals surface area (Å²) in [6, 6.07) is -2.03. The van der Waals surface area contributed by atoms with Crippen LogP contribution in [0, 0.1) is 10.8 Å². The number of amides is 1. The first-order valence-electron chi connectivity index (χ1n) is 7.17. The van der Waals surface area contributed by atoms with E-state index in [2.05, 4.69) is 24.9 Å². The zero-order valence-corrected chi connectivity index (χ0v) is 13.8. The minimum atomic E-state index is -5.04. The molecule has 26 heavy (non-hydrogen) atoms. The van der Waals surface area contributed by atoms with Crippen molar-refractivity contribution in [2.45, 2.75) is 29.6 Å². The lowest BCUT2D eigenvalue weighted by atomic mass is 9.85. The van der Waals surface area contributed by atoms with Crippen LogP contribution in [0.4, 0.5) is 4.79 Å². The third-order valence-electron chi connectivity index (χ3n) is 4.49. The van der Waals surface area contributed by atoms with Gasteiger partial charge >= 0.3 is 16.5 Å². The lowest BCUT2D eigenvalue weighted by Crippen LogP contribution is -2.81. The number of primary amides is 1. The molecule has 1 amide bonds. The summed E-state index contributed by atoms with van der Waals surface area (Å²) < 4.78 is 40.0. The van der Waals surface area contributed by atoms with Crippen LogP contribution in [0.2, 0.25) is 0 Å². The average Bonchev–Trinajstić information content (AvgIpc) is 2.93. The number of nitrogens with one attached hydrogen (secondary N) is 5. The van der Waals surface area contributed by atoms with E-state index in [-0.39, 0.29) is 12.6 Å². The average molecular weight is 395 g/mol. The first-order chi connectivity index (χ1) is 11.9. The normalized spacial score (nSPS) is 35.0. The summed E-state index contributed by atoms with van der Waals surface area (Å²) in [5.41, 5.74) is 2.89. The number of hydrogen-bond donors (Lipinski definition) is 9. The van der Waals surface area contributed by atoms with E-state index in [9.17, 15) is 23.4 Å². The van der Waals surface area contributed by atoms with Gasteiger partial charge in [0.1, 0.15) is 6.61 Å². The molecule has 10 N–H and O–H groups in total. The second kappa shape index (κ2) is 5.55. The van der Waals surface area contributed by atoms with E-state index in [1.807, 2.05) is 0 Å². The Morgan fingerprint density at radius 3 is 2.62 bits per heavy atom. The molecule has 0 aliphatic carbocycles. The van der Waals surface area contributed by atoms with E-state index in [0.717, 1.165) is 4.90 Å². The fourth-order valence-corrected chi connectivity index (χ4v) is 4.04. The molecule has 1 unspecified atom stereocenters. The number of hydrogen-bond acceptors (Lipinski definition) is 9. The van der Waals surface area contributed by atoms with Crippen LogP contribution < -0.4 is 21.7 Å². The highest BCUT2D eigenvalue weighted by molar-refractivity contribution is 7.80. The van der Waals surface area contributed by atoms with Gasteiger partial charge in [-0.3, -0.25) is 15.4 Å². The summed E-state index contributed by atoms with van der Waals surface area (Å²) in [6.07, 6.45) is -2.99. The van der Waals surface area contributed by atoms with Gasteiger partial charge in [0.2, 0.25) is 5.79 Å². The molecule has 0 aromatic heterocycles. The SMILES string of the molecule is N=C1NC2[C@H](COC(N)=O)NC(=N)N3C[C@H](OS(=O)(=O)O)C(O)(O)[C@]23N1. The Labute approximate surface area is 146 Å². The van der Waals surface area contributed by atoms with Gasteiger partial charge in [0.15, 0.2) is 23.7 Å². The quantitative estimate of drug-likeness (QED) is 0.161. The molecular weight excluding hydrogens is 378 g/mol. The van der Waals surface area contributed by atoms with E-state index in [4.69, 9.17) is 21.1 Å². The van der Waals surface area contributed by atoms with Gasteiger partial charge in [0.25, 0.3) is 0 Å². The highest BCUT2D eigenvalue weighted by atomic mass is 32.3. The van der Waals surface area contributed by atoms with Gasteiger partial charge in [-0.15, -0.1) is 0 Å². The first-order valence-corrected chi connectivity index (χ1v) is 8.53. The topological polar surface area (TPSA) is 243 Å². The smallest absolute Gasteiger partial charge is 0.404 e. The number of carbonyl (C=O) groups is 1. The van der Waals surface area contributed by atoms with E-state index in [0.29, 0.717) is 0 Å². The number of carbonyl (C=O) groups excluding carboxylic acids is 1. The molecule has 15 nitrogen and oxygen atoms in total. The van der Waals surface area contributed by atoms with Crippen molar-refractivity contribution in [3.63, 3.8) is 0 Å². The number of rotatable bonds is 4. The monoisotopic (exact) mass is 395 g/mol. The van der Waals surface area contributed by atoms with Gasteiger partial charge in [0, 0.05) is 0 Å². The number of ether oxygens (including phenoxy) is 1. The van der Waals surface area contributed by atoms with Crippen LogP contribution in [0.3, 0.4) is 0 Å². The van der Waals surface area contributed by atoms with Crippen LogP contribution in [0.15, 0.2) is 0 Å². The van der Waals surface area contributed by atoms with Crippen molar-refractivity contribution in [1.29, 1.82) is 10.8 Å². The van der Waals surface area contributed by atoms with Crippen LogP contribution in [0.5, 0.6) is 0 Å². The Balaban J connectivity index is 2.02. The number of guanidine groups is 2. The maximum atomic E-state index is 11.0. The van der Waals surface area contributed by atoms with E-state index in [1.54, 1.807) is 0 Å². The standard InChI is InChI=1S/C10H17N7O8S/c11-6-15-5-3(2-24-8(13)18)14-7(12)17-1-4(25-26(21,22)23)10(19,20)9(5,17)16-6/h3-5,19-20H,1-2H2,(H2,12,14)(H2,13,18)(H3,11,15,16)(H,21,22,23)/t3-,4-,5?,9-/m0/s1. The maximum Gasteiger partial charge on any atom is 0.404 e. The van der Waals surface area contributed by atoms with Gasteiger partial charge in [-0.25, -0.2) is 8.98 Å². The number of nitrogens with zero attached hydrogens (tertiary/aromatic N) is 1. The molecule has 0 aromatic carbocycles. The van der Waals surface area contributed by atoms with Crippen molar-refractivity contribution in [2.24, 2.45) is 5.73 Å². The lowest BCUT2D eigenvalue weighted by Gasteiger charge is -2.50. The molecule has 3 heterocycles. The van der Waals surface area contributed by atoms with Crippen molar-refractivity contribution in [3.8, 4) is 0 Å². The molecule has 146 valence electrons. The molecule has 0 aromatic rings. The van der Waals surface area contributed by atoms with Crippen molar-refractivity contribution < 1.29 is 36.9 Å². The van der Waals surface area contributed by atoms with Crippen LogP contribution in [0.25, 0.3) is 0 Å². The molecule has 3 aliphatic heterocycles. The third kappa shape index (κ3) is 2.58. The van der Waals surface area contributed by atoms with Gasteiger partial charge in [-0.05, 0) is 0 Å². The Bertz CT molecular complexity index is 771. The fourth-order valence-electron chi connectivity index (χ4n) is 3.55. The highest BCUT2D eigenvalue weighted by Gasteiger charge is 2.75. The minimum Gasteiger partial charge on any atom is -0.447 e. The molecule has 16 heteroatoms. The minimum absolute atomic E-state index is 0.361. The Morgan fingerprint density at radius 1 is 1.38 bits per heavy atom. The van der Waals surface area contributed by atoms with Crippen LogP contribution in [-0.4, -0.2) is 88.9 Å². The molecule has 4 atom stereocenters. The molecule has 0 saturated carbocycles. The second-order valence-electron chi connectivity index (χ2n) is 5.97. The molecule has 3 aliphatic rings. The van der Waals surface area contributed by atoms with Gasteiger partial charge < -0.3 is 41.5 Å². The van der Waals surface area contributed by atoms with Gasteiger partial charge in [-0.2, -0.15) is 8.42 Å². The molecule has 1 spiro atoms. The van der Waals surface area contributed by atoms with E-state index in [1.165, 1.54) is 0 Å². The fraction of sp³-hybridized carbons (Fsp3) is 0.700. The lowest BCUT2D eigenvalue weighted by molar-refractivity contribution is -0.254. The highest BCUT2D eigenvalue weighted by Crippen LogP contribution is 2.44. The van der Waals surface area contributed by atoms with E-state index >= 15 is 0 Å². The molecule has 3 fully saturated rings. The zero-order chi connectivity index (χ0) is 19.5. The van der Waals surface area contributed by atoms with E-state index < -0.39 is 58.6 Å². The van der Waals surface area contributed by atoms with Crippen LogP contribution in [-0.2, 0) is 19.3 Å². The van der Waals surface area contributed by atoms with Crippen molar-refractivity contribution in [3.05, 3.63) is 0 Å². The first kappa shape index (κ1) is 18.4. The zero-order valence-electron chi connectivity index (χ0n) is 13.0. The third-order valence-corrected chi connectivity index (χ3v) is 4.96. The molecule has 3 rings (SSSR count). The number of aliphatic hydroxyl groups is 2. The summed E-state index contributed by atoms with van der Waals surface area (Å²) in [5.74, 6) is -3.74. The summed E-state index contributed by atoms with van der Waals surface area (Å²) in [4.78, 5) is 11.9. The molecule has 0 radical (unpaired) electrons. The number of nitrogens with two attached hydrogens (primary N) is 1. The predicted octanol–water partition coefficient (Wildman–Crippen LogP) is -4.63. The van der Waals surface area contributed by atoms with Crippen molar-refractivity contribution >= 4 is 28.4 Å². The maximum absolute atomic E-state index is 11.0. The Kier molecular flexibility index (Phi) is 3.92.